The first-order valence-corrected chi connectivity index (χ1v) is 11.8. The van der Waals surface area contributed by atoms with E-state index in [9.17, 15) is 14.4 Å². The summed E-state index contributed by atoms with van der Waals surface area (Å²) < 4.78 is 1.20. The van der Waals surface area contributed by atoms with Gasteiger partial charge in [0.15, 0.2) is 0 Å². The Labute approximate surface area is 209 Å². The van der Waals surface area contributed by atoms with Crippen molar-refractivity contribution in [3.63, 3.8) is 0 Å². The third-order valence-electron chi connectivity index (χ3n) is 5.27. The summed E-state index contributed by atoms with van der Waals surface area (Å²) in [5.41, 5.74) is 3.25. The summed E-state index contributed by atoms with van der Waals surface area (Å²) in [4.78, 5) is 43.7. The maximum atomic E-state index is 13.1. The summed E-state index contributed by atoms with van der Waals surface area (Å²) >= 11 is 13.1. The largest absolute Gasteiger partial charge is 0.323 e. The van der Waals surface area contributed by atoms with Crippen molar-refractivity contribution in [1.29, 1.82) is 0 Å². The van der Waals surface area contributed by atoms with Crippen LogP contribution in [0.25, 0.3) is 10.2 Å². The normalized spacial score (nSPS) is 11.0. The summed E-state index contributed by atoms with van der Waals surface area (Å²) in [6.07, 6.45) is 1.30. The number of rotatable bonds is 5. The Morgan fingerprint density at radius 2 is 1.76 bits per heavy atom. The van der Waals surface area contributed by atoms with E-state index in [1.807, 2.05) is 32.0 Å². The fourth-order valence-electron chi connectivity index (χ4n) is 3.56. The number of nitrogens with one attached hydrogen (secondary N) is 2. The van der Waals surface area contributed by atoms with Crippen LogP contribution in [0.3, 0.4) is 0 Å². The number of aromatic nitrogens is 2. The van der Waals surface area contributed by atoms with Gasteiger partial charge in [0.2, 0.25) is 5.91 Å². The fourth-order valence-corrected chi connectivity index (χ4v) is 5.05. The van der Waals surface area contributed by atoms with E-state index in [1.165, 1.54) is 17.0 Å². The van der Waals surface area contributed by atoms with E-state index in [0.717, 1.165) is 22.5 Å². The van der Waals surface area contributed by atoms with Gasteiger partial charge in [-0.1, -0.05) is 40.9 Å². The summed E-state index contributed by atoms with van der Waals surface area (Å²) in [5, 5.41) is 6.61. The lowest BCUT2D eigenvalue weighted by Gasteiger charge is -2.09. The number of amides is 2. The van der Waals surface area contributed by atoms with Gasteiger partial charge in [-0.3, -0.25) is 19.0 Å². The second-order valence-electron chi connectivity index (χ2n) is 7.86. The molecule has 174 valence electrons. The van der Waals surface area contributed by atoms with Crippen LogP contribution in [-0.4, -0.2) is 21.4 Å². The topological polar surface area (TPSA) is 93.1 Å². The smallest absolute Gasteiger partial charge is 0.266 e. The summed E-state index contributed by atoms with van der Waals surface area (Å²) in [6.45, 7) is 5.34. The standard InChI is InChI=1S/C24H20Cl2N4O3S/c1-12-4-6-17(13(2)8-12)29-22(32)21-14(3)20-23(34-21)27-11-30(24(20)33)10-19(31)28-18-7-5-15(25)9-16(18)26/h4-9,11H,10H2,1-3H3,(H,28,31)(H,29,32). The summed E-state index contributed by atoms with van der Waals surface area (Å²) in [5.74, 6) is -0.762. The Balaban J connectivity index is 1.59. The second-order valence-corrected chi connectivity index (χ2v) is 9.70. The van der Waals surface area contributed by atoms with Crippen LogP contribution in [0.2, 0.25) is 10.0 Å². The molecule has 0 bridgehead atoms. The molecule has 2 aromatic carbocycles. The highest BCUT2D eigenvalue weighted by molar-refractivity contribution is 7.20. The van der Waals surface area contributed by atoms with Crippen molar-refractivity contribution in [3.05, 3.63) is 84.7 Å². The summed E-state index contributed by atoms with van der Waals surface area (Å²) in [7, 11) is 0. The van der Waals surface area contributed by atoms with Crippen LogP contribution >= 0.6 is 34.5 Å². The average molecular weight is 515 g/mol. The molecule has 0 fully saturated rings. The highest BCUT2D eigenvalue weighted by Gasteiger charge is 2.21. The number of hydrogen-bond acceptors (Lipinski definition) is 5. The third-order valence-corrected chi connectivity index (χ3v) is 7.02. The molecule has 0 aliphatic heterocycles. The van der Waals surface area contributed by atoms with Gasteiger partial charge in [0.25, 0.3) is 11.5 Å². The van der Waals surface area contributed by atoms with Crippen LogP contribution < -0.4 is 16.2 Å². The fraction of sp³-hybridized carbons (Fsp3) is 0.167. The van der Waals surface area contributed by atoms with Gasteiger partial charge < -0.3 is 10.6 Å². The maximum Gasteiger partial charge on any atom is 0.266 e. The molecule has 0 aliphatic carbocycles. The van der Waals surface area contributed by atoms with E-state index in [2.05, 4.69) is 15.6 Å². The lowest BCUT2D eigenvalue weighted by molar-refractivity contribution is -0.116. The number of carbonyl (C=O) groups excluding carboxylic acids is 2. The molecule has 0 saturated carbocycles. The first-order chi connectivity index (χ1) is 16.1. The molecule has 0 spiro atoms. The van der Waals surface area contributed by atoms with Crippen LogP contribution in [0, 0.1) is 20.8 Å². The minimum atomic E-state index is -0.451. The van der Waals surface area contributed by atoms with Crippen molar-refractivity contribution in [2.75, 3.05) is 10.6 Å². The van der Waals surface area contributed by atoms with Crippen LogP contribution in [0.4, 0.5) is 11.4 Å². The number of nitrogens with zero attached hydrogens (tertiary/aromatic N) is 2. The highest BCUT2D eigenvalue weighted by Crippen LogP contribution is 2.28. The number of hydrogen-bond donors (Lipinski definition) is 2. The SMILES string of the molecule is Cc1ccc(NC(=O)c2sc3ncn(CC(=O)Nc4ccc(Cl)cc4Cl)c(=O)c3c2C)c(C)c1. The Bertz CT molecular complexity index is 1510. The van der Waals surface area contributed by atoms with E-state index in [1.54, 1.807) is 19.1 Å². The number of anilines is 2. The highest BCUT2D eigenvalue weighted by atomic mass is 35.5. The van der Waals surface area contributed by atoms with Gasteiger partial charge in [0, 0.05) is 10.7 Å². The molecular weight excluding hydrogens is 495 g/mol. The van der Waals surface area contributed by atoms with Gasteiger partial charge in [0.05, 0.1) is 27.3 Å². The molecule has 0 radical (unpaired) electrons. The summed E-state index contributed by atoms with van der Waals surface area (Å²) in [6, 6.07) is 10.4. The molecule has 10 heteroatoms. The van der Waals surface area contributed by atoms with E-state index in [-0.39, 0.29) is 17.5 Å². The molecule has 2 aromatic heterocycles. The van der Waals surface area contributed by atoms with Crippen molar-refractivity contribution >= 4 is 67.9 Å². The van der Waals surface area contributed by atoms with Crippen LogP contribution in [0.15, 0.2) is 47.5 Å². The van der Waals surface area contributed by atoms with Crippen molar-refractivity contribution < 1.29 is 9.59 Å². The van der Waals surface area contributed by atoms with E-state index >= 15 is 0 Å². The molecule has 2 heterocycles. The minimum Gasteiger partial charge on any atom is -0.323 e. The average Bonchev–Trinajstić information content (AvgIpc) is 3.11. The van der Waals surface area contributed by atoms with Crippen LogP contribution in [-0.2, 0) is 11.3 Å². The zero-order valence-electron chi connectivity index (χ0n) is 18.5. The van der Waals surface area contributed by atoms with Gasteiger partial charge in [-0.15, -0.1) is 11.3 Å². The molecular formula is C24H20Cl2N4O3S. The number of carbonyl (C=O) groups is 2. The molecule has 4 aromatic rings. The predicted molar refractivity (Wildman–Crippen MR) is 138 cm³/mol. The molecule has 0 aliphatic rings. The third kappa shape index (κ3) is 4.84. The van der Waals surface area contributed by atoms with Gasteiger partial charge in [-0.2, -0.15) is 0 Å². The molecule has 0 atom stereocenters. The van der Waals surface area contributed by atoms with E-state index in [0.29, 0.717) is 37.1 Å². The van der Waals surface area contributed by atoms with Crippen molar-refractivity contribution in [2.45, 2.75) is 27.3 Å². The van der Waals surface area contributed by atoms with E-state index < -0.39 is 11.5 Å². The molecule has 34 heavy (non-hydrogen) atoms. The Kier molecular flexibility index (Phi) is 6.74. The van der Waals surface area contributed by atoms with Gasteiger partial charge >= 0.3 is 0 Å². The number of fused-ring (bicyclic) bond motifs is 1. The molecule has 2 amide bonds. The first-order valence-electron chi connectivity index (χ1n) is 10.3. The number of benzene rings is 2. The first kappa shape index (κ1) is 23.9. The Hall–Kier alpha value is -3.20. The van der Waals surface area contributed by atoms with E-state index in [4.69, 9.17) is 23.2 Å². The molecule has 7 nitrogen and oxygen atoms in total. The number of aryl methyl sites for hydroxylation is 3. The zero-order valence-corrected chi connectivity index (χ0v) is 20.9. The molecule has 4 rings (SSSR count). The maximum absolute atomic E-state index is 13.1. The predicted octanol–water partition coefficient (Wildman–Crippen LogP) is 5.58. The molecule has 0 saturated heterocycles. The van der Waals surface area contributed by atoms with Crippen LogP contribution in [0.1, 0.15) is 26.4 Å². The van der Waals surface area contributed by atoms with Crippen LogP contribution in [0.5, 0.6) is 0 Å². The van der Waals surface area contributed by atoms with Gasteiger partial charge in [-0.05, 0) is 56.2 Å². The molecule has 0 unspecified atom stereocenters. The minimum absolute atomic E-state index is 0.264. The zero-order chi connectivity index (χ0) is 24.6. The number of thiophene rings is 1. The molecule has 2 N–H and O–H groups in total. The number of halogens is 2. The lowest BCUT2D eigenvalue weighted by atomic mass is 10.1. The monoisotopic (exact) mass is 514 g/mol. The Morgan fingerprint density at radius 1 is 1.03 bits per heavy atom. The lowest BCUT2D eigenvalue weighted by Crippen LogP contribution is -2.28. The van der Waals surface area contributed by atoms with Crippen molar-refractivity contribution in [3.8, 4) is 0 Å². The Morgan fingerprint density at radius 3 is 2.47 bits per heavy atom. The van der Waals surface area contributed by atoms with Gasteiger partial charge in [0.1, 0.15) is 11.4 Å². The quantitative estimate of drug-likeness (QED) is 0.363. The van der Waals surface area contributed by atoms with Gasteiger partial charge in [-0.25, -0.2) is 4.98 Å². The van der Waals surface area contributed by atoms with Crippen molar-refractivity contribution in [2.24, 2.45) is 0 Å². The second kappa shape index (κ2) is 9.58. The van der Waals surface area contributed by atoms with Crippen molar-refractivity contribution in [1.82, 2.24) is 9.55 Å².